The summed E-state index contributed by atoms with van der Waals surface area (Å²) >= 11 is 0. The molecule has 0 radical (unpaired) electrons. The zero-order chi connectivity index (χ0) is 19.1. The van der Waals surface area contributed by atoms with E-state index < -0.39 is 10.0 Å². The van der Waals surface area contributed by atoms with Crippen molar-refractivity contribution in [3.63, 3.8) is 0 Å². The maximum Gasteiger partial charge on any atom is 0.236 e. The summed E-state index contributed by atoms with van der Waals surface area (Å²) in [7, 11) is -3.42. The van der Waals surface area contributed by atoms with Crippen LogP contribution in [0, 0.1) is 11.8 Å². The first kappa shape index (κ1) is 19.6. The highest BCUT2D eigenvalue weighted by molar-refractivity contribution is 7.92. The number of piperazine rings is 1. The zero-order valence-corrected chi connectivity index (χ0v) is 16.5. The van der Waals surface area contributed by atoms with Gasteiger partial charge in [-0.3, -0.25) is 0 Å². The summed E-state index contributed by atoms with van der Waals surface area (Å²) in [6.07, 6.45) is 5.64. The number of unbranched alkanes of at least 4 members (excludes halogenated alkanes) is 3. The van der Waals surface area contributed by atoms with Gasteiger partial charge in [0.25, 0.3) is 0 Å². The minimum Gasteiger partial charge on any atom is -0.454 e. The van der Waals surface area contributed by atoms with Gasteiger partial charge < -0.3 is 14.4 Å². The smallest absolute Gasteiger partial charge is 0.236 e. The molecule has 0 spiro atoms. The third-order valence-corrected chi connectivity index (χ3v) is 6.22. The molecule has 7 heteroatoms. The fourth-order valence-corrected chi connectivity index (χ4v) is 4.17. The number of fused-ring (bicyclic) bond motifs is 1. The minimum atomic E-state index is -3.42. The van der Waals surface area contributed by atoms with Gasteiger partial charge in [-0.05, 0) is 18.6 Å². The van der Waals surface area contributed by atoms with E-state index >= 15 is 0 Å². The number of allylic oxidation sites excluding steroid dienone is 1. The molecule has 0 N–H and O–H groups in total. The van der Waals surface area contributed by atoms with Crippen molar-refractivity contribution in [2.45, 2.75) is 32.6 Å². The summed E-state index contributed by atoms with van der Waals surface area (Å²) in [5.41, 5.74) is 1.02. The lowest BCUT2D eigenvalue weighted by molar-refractivity contribution is 0.174. The fourth-order valence-electron chi connectivity index (χ4n) is 3.08. The van der Waals surface area contributed by atoms with Crippen molar-refractivity contribution in [1.82, 2.24) is 4.31 Å². The van der Waals surface area contributed by atoms with Gasteiger partial charge in [-0.15, -0.1) is 0 Å². The van der Waals surface area contributed by atoms with Gasteiger partial charge in [-0.1, -0.05) is 31.6 Å². The quantitative estimate of drug-likeness (QED) is 0.552. The van der Waals surface area contributed by atoms with Gasteiger partial charge >= 0.3 is 0 Å². The van der Waals surface area contributed by atoms with Crippen LogP contribution in [-0.4, -0.2) is 45.7 Å². The summed E-state index contributed by atoms with van der Waals surface area (Å²) < 4.78 is 37.1. The SMILES string of the molecule is CCCCCC#CC=CS(=O)(=O)N1CCN(c2ccc3c(c2)OCO3)CC1. The standard InChI is InChI=1S/C20H26N2O4S/c1-2-3-4-5-6-7-8-15-27(23,24)22-13-11-21(12-14-22)18-9-10-19-20(16-18)26-17-25-19/h8-10,15-16H,2-5,11-14,17H2,1H3. The van der Waals surface area contributed by atoms with Crippen LogP contribution in [0.25, 0.3) is 0 Å². The number of hydrogen-bond donors (Lipinski definition) is 0. The van der Waals surface area contributed by atoms with E-state index in [0.717, 1.165) is 42.9 Å². The molecule has 0 unspecified atom stereocenters. The third kappa shape index (κ3) is 5.18. The van der Waals surface area contributed by atoms with Crippen LogP contribution in [0.4, 0.5) is 5.69 Å². The fraction of sp³-hybridized carbons (Fsp3) is 0.500. The molecular formula is C20H26N2O4S. The first-order valence-corrected chi connectivity index (χ1v) is 10.9. The normalized spacial score (nSPS) is 17.1. The highest BCUT2D eigenvalue weighted by Gasteiger charge is 2.26. The van der Waals surface area contributed by atoms with Crippen molar-refractivity contribution >= 4 is 15.7 Å². The molecule has 0 saturated carbocycles. The predicted molar refractivity (Wildman–Crippen MR) is 106 cm³/mol. The lowest BCUT2D eigenvalue weighted by Crippen LogP contribution is -2.48. The Morgan fingerprint density at radius 1 is 1.11 bits per heavy atom. The number of rotatable bonds is 6. The Labute approximate surface area is 161 Å². The Kier molecular flexibility index (Phi) is 6.64. The molecule has 0 atom stereocenters. The van der Waals surface area contributed by atoms with Crippen molar-refractivity contribution in [1.29, 1.82) is 0 Å². The van der Waals surface area contributed by atoms with Gasteiger partial charge in [0.15, 0.2) is 11.5 Å². The van der Waals surface area contributed by atoms with Crippen molar-refractivity contribution in [2.24, 2.45) is 0 Å². The van der Waals surface area contributed by atoms with Crippen molar-refractivity contribution in [3.05, 3.63) is 29.7 Å². The number of hydrogen-bond acceptors (Lipinski definition) is 5. The first-order valence-electron chi connectivity index (χ1n) is 9.40. The van der Waals surface area contributed by atoms with Gasteiger partial charge in [-0.2, -0.15) is 4.31 Å². The van der Waals surface area contributed by atoms with Crippen LogP contribution in [0.2, 0.25) is 0 Å². The molecule has 0 aliphatic carbocycles. The topological polar surface area (TPSA) is 59.1 Å². The van der Waals surface area contributed by atoms with Crippen molar-refractivity contribution < 1.29 is 17.9 Å². The van der Waals surface area contributed by atoms with E-state index in [1.165, 1.54) is 15.8 Å². The molecule has 27 heavy (non-hydrogen) atoms. The number of anilines is 1. The predicted octanol–water partition coefficient (Wildman–Crippen LogP) is 2.96. The van der Waals surface area contributed by atoms with Crippen LogP contribution in [0.1, 0.15) is 32.6 Å². The Balaban J connectivity index is 1.52. The van der Waals surface area contributed by atoms with Crippen molar-refractivity contribution in [3.8, 4) is 23.3 Å². The van der Waals surface area contributed by atoms with E-state index in [9.17, 15) is 8.42 Å². The van der Waals surface area contributed by atoms with Gasteiger partial charge in [0.05, 0.1) is 5.41 Å². The number of sulfonamides is 1. The van der Waals surface area contributed by atoms with Crippen LogP contribution in [0.15, 0.2) is 29.7 Å². The lowest BCUT2D eigenvalue weighted by Gasteiger charge is -2.34. The maximum absolute atomic E-state index is 12.4. The summed E-state index contributed by atoms with van der Waals surface area (Å²) in [5, 5.41) is 1.22. The first-order chi connectivity index (χ1) is 13.1. The second-order valence-corrected chi connectivity index (χ2v) is 8.37. The lowest BCUT2D eigenvalue weighted by atomic mass is 10.2. The summed E-state index contributed by atoms with van der Waals surface area (Å²) in [6.45, 7) is 4.56. The molecule has 146 valence electrons. The van der Waals surface area contributed by atoms with Crippen LogP contribution >= 0.6 is 0 Å². The Morgan fingerprint density at radius 2 is 1.89 bits per heavy atom. The Bertz CT molecular complexity index is 831. The summed E-state index contributed by atoms with van der Waals surface area (Å²) in [5.74, 6) is 7.31. The van der Waals surface area contributed by atoms with Gasteiger partial charge in [-0.25, -0.2) is 8.42 Å². The molecule has 0 bridgehead atoms. The number of benzene rings is 1. The van der Waals surface area contributed by atoms with E-state index in [0.29, 0.717) is 26.2 Å². The largest absolute Gasteiger partial charge is 0.454 e. The van der Waals surface area contributed by atoms with Crippen LogP contribution in [0.5, 0.6) is 11.5 Å². The molecule has 0 aromatic heterocycles. The molecule has 2 aliphatic rings. The molecule has 3 rings (SSSR count). The van der Waals surface area contributed by atoms with E-state index in [4.69, 9.17) is 9.47 Å². The minimum absolute atomic E-state index is 0.249. The second kappa shape index (κ2) is 9.16. The molecular weight excluding hydrogens is 364 g/mol. The zero-order valence-electron chi connectivity index (χ0n) is 15.7. The van der Waals surface area contributed by atoms with E-state index in [1.54, 1.807) is 0 Å². The molecule has 1 aromatic rings. The summed E-state index contributed by atoms with van der Waals surface area (Å²) in [6, 6.07) is 5.81. The monoisotopic (exact) mass is 390 g/mol. The van der Waals surface area contributed by atoms with Crippen LogP contribution < -0.4 is 14.4 Å². The van der Waals surface area contributed by atoms with E-state index in [2.05, 4.69) is 23.7 Å². The van der Waals surface area contributed by atoms with E-state index in [1.807, 2.05) is 18.2 Å². The van der Waals surface area contributed by atoms with Crippen LogP contribution in [-0.2, 0) is 10.0 Å². The average molecular weight is 391 g/mol. The number of ether oxygens (including phenoxy) is 2. The third-order valence-electron chi connectivity index (χ3n) is 4.65. The van der Waals surface area contributed by atoms with Crippen molar-refractivity contribution in [2.75, 3.05) is 37.9 Å². The molecule has 1 aromatic carbocycles. The average Bonchev–Trinajstić information content (AvgIpc) is 3.15. The molecule has 2 aliphatic heterocycles. The Hall–Kier alpha value is -2.17. The molecule has 6 nitrogen and oxygen atoms in total. The van der Waals surface area contributed by atoms with E-state index in [-0.39, 0.29) is 6.79 Å². The molecule has 1 saturated heterocycles. The highest BCUT2D eigenvalue weighted by Crippen LogP contribution is 2.35. The molecule has 2 heterocycles. The number of nitrogens with zero attached hydrogens (tertiary/aromatic N) is 2. The van der Waals surface area contributed by atoms with Gasteiger partial charge in [0.1, 0.15) is 0 Å². The van der Waals surface area contributed by atoms with Gasteiger partial charge in [0, 0.05) is 50.4 Å². The maximum atomic E-state index is 12.4. The highest BCUT2D eigenvalue weighted by atomic mass is 32.2. The van der Waals surface area contributed by atoms with Gasteiger partial charge in [0.2, 0.25) is 16.8 Å². The van der Waals surface area contributed by atoms with Crippen LogP contribution in [0.3, 0.4) is 0 Å². The molecule has 0 amide bonds. The second-order valence-electron chi connectivity index (χ2n) is 6.55. The Morgan fingerprint density at radius 3 is 2.67 bits per heavy atom. The molecule has 1 fully saturated rings. The summed E-state index contributed by atoms with van der Waals surface area (Å²) in [4.78, 5) is 2.16.